The van der Waals surface area contributed by atoms with Crippen molar-refractivity contribution in [3.63, 3.8) is 0 Å². The summed E-state index contributed by atoms with van der Waals surface area (Å²) in [6.45, 7) is 10.2. The Kier molecular flexibility index (Phi) is 8.15. The zero-order valence-electron chi connectivity index (χ0n) is 17.4. The highest BCUT2D eigenvalue weighted by molar-refractivity contribution is 7.46. The Labute approximate surface area is 168 Å². The van der Waals surface area contributed by atoms with Crippen molar-refractivity contribution in [2.24, 2.45) is 7.05 Å². The van der Waals surface area contributed by atoms with Crippen molar-refractivity contribution >= 4 is 31.0 Å². The molecule has 1 atom stereocenters. The summed E-state index contributed by atoms with van der Waals surface area (Å²) in [5, 5.41) is 4.69. The Bertz CT molecular complexity index is 1000. The molecule has 0 saturated heterocycles. The van der Waals surface area contributed by atoms with Gasteiger partial charge in [-0.2, -0.15) is 0 Å². The first-order valence-electron chi connectivity index (χ1n) is 9.60. The standard InChI is InChI=1S/C17H17N6P.2C2H6/c1-22-11-18-9-14(22)15-10-20-17-16(19-6-7-23(15)17)21-12-4-3-5-13(8-12)24-2;2*1-2/h3-11,24H,1-2H3,(H,19,21);2*1-2H3. The molecule has 0 saturated carbocycles. The average molecular weight is 396 g/mol. The second-order valence-electron chi connectivity index (χ2n) is 5.46. The molecule has 4 rings (SSSR count). The number of imidazole rings is 2. The molecule has 1 N–H and O–H groups in total. The molecule has 0 fully saturated rings. The van der Waals surface area contributed by atoms with Gasteiger partial charge in [-0.05, 0) is 24.1 Å². The number of aryl methyl sites for hydroxylation is 1. The van der Waals surface area contributed by atoms with Gasteiger partial charge >= 0.3 is 0 Å². The predicted molar refractivity (Wildman–Crippen MR) is 121 cm³/mol. The Morgan fingerprint density at radius 1 is 1.00 bits per heavy atom. The molecule has 1 aromatic carbocycles. The quantitative estimate of drug-likeness (QED) is 0.501. The summed E-state index contributed by atoms with van der Waals surface area (Å²) in [6.07, 6.45) is 9.17. The minimum Gasteiger partial charge on any atom is -0.337 e. The van der Waals surface area contributed by atoms with E-state index in [0.29, 0.717) is 0 Å². The third-order valence-electron chi connectivity index (χ3n) is 3.92. The maximum absolute atomic E-state index is 4.55. The molecule has 0 spiro atoms. The van der Waals surface area contributed by atoms with Crippen LogP contribution < -0.4 is 10.6 Å². The Hall–Kier alpha value is -2.72. The monoisotopic (exact) mass is 396 g/mol. The van der Waals surface area contributed by atoms with Gasteiger partial charge in [-0.3, -0.25) is 4.40 Å². The van der Waals surface area contributed by atoms with Crippen molar-refractivity contribution in [1.29, 1.82) is 0 Å². The van der Waals surface area contributed by atoms with E-state index in [1.165, 1.54) is 5.30 Å². The van der Waals surface area contributed by atoms with Gasteiger partial charge in [0.05, 0.1) is 30.1 Å². The summed E-state index contributed by atoms with van der Waals surface area (Å²) in [5.74, 6) is 0.738. The smallest absolute Gasteiger partial charge is 0.180 e. The zero-order valence-corrected chi connectivity index (χ0v) is 18.4. The van der Waals surface area contributed by atoms with Gasteiger partial charge in [0.25, 0.3) is 0 Å². The van der Waals surface area contributed by atoms with Gasteiger partial charge in [-0.15, -0.1) is 0 Å². The van der Waals surface area contributed by atoms with Crippen LogP contribution in [-0.4, -0.2) is 30.6 Å². The number of fused-ring (bicyclic) bond motifs is 1. The average Bonchev–Trinajstić information content (AvgIpc) is 3.37. The first-order valence-corrected chi connectivity index (χ1v) is 11.1. The highest BCUT2D eigenvalue weighted by Crippen LogP contribution is 2.24. The SMILES string of the molecule is CC.CC.CPc1cccc(Nc2nccn3c(-c4cncn4C)cnc23)c1. The van der Waals surface area contributed by atoms with Crippen LogP contribution in [0.5, 0.6) is 0 Å². The van der Waals surface area contributed by atoms with Crippen LogP contribution in [0.1, 0.15) is 27.7 Å². The van der Waals surface area contributed by atoms with E-state index >= 15 is 0 Å². The number of anilines is 2. The predicted octanol–water partition coefficient (Wildman–Crippen LogP) is 4.86. The van der Waals surface area contributed by atoms with Gasteiger partial charge in [0.15, 0.2) is 11.5 Å². The minimum atomic E-state index is 0.738. The summed E-state index contributed by atoms with van der Waals surface area (Å²) in [4.78, 5) is 13.2. The van der Waals surface area contributed by atoms with Crippen molar-refractivity contribution in [2.45, 2.75) is 27.7 Å². The lowest BCUT2D eigenvalue weighted by atomic mass is 10.3. The van der Waals surface area contributed by atoms with Crippen molar-refractivity contribution in [3.05, 3.63) is 55.4 Å². The summed E-state index contributed by atoms with van der Waals surface area (Å²) in [6, 6.07) is 8.38. The summed E-state index contributed by atoms with van der Waals surface area (Å²) < 4.78 is 4.00. The molecular weight excluding hydrogens is 367 g/mol. The molecular formula is C21H29N6P. The van der Waals surface area contributed by atoms with Crippen LogP contribution >= 0.6 is 8.58 Å². The number of nitrogens with one attached hydrogen (secondary N) is 1. The van der Waals surface area contributed by atoms with Gasteiger partial charge in [0.1, 0.15) is 0 Å². The Balaban J connectivity index is 0.000000660. The molecule has 0 aliphatic carbocycles. The molecule has 1 unspecified atom stereocenters. The van der Waals surface area contributed by atoms with Gasteiger partial charge < -0.3 is 9.88 Å². The van der Waals surface area contributed by atoms with E-state index in [0.717, 1.165) is 37.1 Å². The lowest BCUT2D eigenvalue weighted by Gasteiger charge is -2.09. The van der Waals surface area contributed by atoms with Crippen LogP contribution in [0.25, 0.3) is 17.0 Å². The fourth-order valence-corrected chi connectivity index (χ4v) is 3.25. The molecule has 0 bridgehead atoms. The molecule has 4 aromatic rings. The van der Waals surface area contributed by atoms with Gasteiger partial charge in [-0.1, -0.05) is 48.4 Å². The van der Waals surface area contributed by atoms with Crippen LogP contribution in [0.2, 0.25) is 0 Å². The molecule has 0 aliphatic rings. The molecule has 0 radical (unpaired) electrons. The highest BCUT2D eigenvalue weighted by atomic mass is 31.1. The Morgan fingerprint density at radius 3 is 2.46 bits per heavy atom. The van der Waals surface area contributed by atoms with Crippen LogP contribution in [-0.2, 0) is 7.05 Å². The maximum atomic E-state index is 4.55. The molecule has 3 heterocycles. The second kappa shape index (κ2) is 10.6. The zero-order chi connectivity index (χ0) is 20.5. The third-order valence-corrected chi connectivity index (χ3v) is 4.81. The third kappa shape index (κ3) is 4.57. The van der Waals surface area contributed by atoms with Gasteiger partial charge in [-0.25, -0.2) is 15.0 Å². The number of nitrogens with zero attached hydrogens (tertiary/aromatic N) is 5. The minimum absolute atomic E-state index is 0.738. The molecule has 0 aliphatic heterocycles. The van der Waals surface area contributed by atoms with E-state index in [2.05, 4.69) is 45.1 Å². The summed E-state index contributed by atoms with van der Waals surface area (Å²) >= 11 is 0. The van der Waals surface area contributed by atoms with Gasteiger partial charge in [0.2, 0.25) is 0 Å². The van der Waals surface area contributed by atoms with Crippen molar-refractivity contribution < 1.29 is 0 Å². The van der Waals surface area contributed by atoms with Crippen LogP contribution in [0.3, 0.4) is 0 Å². The van der Waals surface area contributed by atoms with E-state index in [4.69, 9.17) is 0 Å². The fraction of sp³-hybridized carbons (Fsp3) is 0.286. The fourth-order valence-electron chi connectivity index (χ4n) is 2.69. The molecule has 6 nitrogen and oxygen atoms in total. The first kappa shape index (κ1) is 21.6. The lowest BCUT2D eigenvalue weighted by Crippen LogP contribution is -2.01. The lowest BCUT2D eigenvalue weighted by molar-refractivity contribution is 0.913. The number of aromatic nitrogens is 5. The molecule has 148 valence electrons. The van der Waals surface area contributed by atoms with E-state index in [1.807, 2.05) is 68.4 Å². The van der Waals surface area contributed by atoms with Crippen molar-refractivity contribution in [1.82, 2.24) is 23.9 Å². The van der Waals surface area contributed by atoms with E-state index < -0.39 is 0 Å². The van der Waals surface area contributed by atoms with Crippen molar-refractivity contribution in [3.8, 4) is 11.4 Å². The van der Waals surface area contributed by atoms with E-state index in [-0.39, 0.29) is 0 Å². The number of hydrogen-bond donors (Lipinski definition) is 1. The number of benzene rings is 1. The van der Waals surface area contributed by atoms with Gasteiger partial charge in [0, 0.05) is 25.1 Å². The largest absolute Gasteiger partial charge is 0.337 e. The molecule has 0 amide bonds. The number of rotatable bonds is 4. The normalized spacial score (nSPS) is 10.4. The highest BCUT2D eigenvalue weighted by Gasteiger charge is 2.12. The van der Waals surface area contributed by atoms with Crippen molar-refractivity contribution in [2.75, 3.05) is 12.0 Å². The Morgan fingerprint density at radius 2 is 1.79 bits per heavy atom. The molecule has 7 heteroatoms. The first-order chi connectivity index (χ1) is 13.8. The molecule has 28 heavy (non-hydrogen) atoms. The molecule has 3 aromatic heterocycles. The second-order valence-corrected chi connectivity index (χ2v) is 6.54. The topological polar surface area (TPSA) is 60.0 Å². The van der Waals surface area contributed by atoms with Crippen LogP contribution in [0.15, 0.2) is 55.4 Å². The van der Waals surface area contributed by atoms with Crippen LogP contribution in [0.4, 0.5) is 11.5 Å². The van der Waals surface area contributed by atoms with Crippen LogP contribution in [0, 0.1) is 0 Å². The summed E-state index contributed by atoms with van der Waals surface area (Å²) in [7, 11) is 2.74. The number of hydrogen-bond acceptors (Lipinski definition) is 4. The van der Waals surface area contributed by atoms with E-state index in [9.17, 15) is 0 Å². The van der Waals surface area contributed by atoms with E-state index in [1.54, 1.807) is 12.5 Å². The maximum Gasteiger partial charge on any atom is 0.180 e. The summed E-state index contributed by atoms with van der Waals surface area (Å²) in [5.41, 5.74) is 3.80.